The summed E-state index contributed by atoms with van der Waals surface area (Å²) in [7, 11) is 0. The molecule has 2 aliphatic heterocycles. The van der Waals surface area contributed by atoms with Crippen molar-refractivity contribution in [1.29, 1.82) is 0 Å². The maximum absolute atomic E-state index is 13.4. The van der Waals surface area contributed by atoms with Crippen LogP contribution in [0.2, 0.25) is 0 Å². The monoisotopic (exact) mass is 436 g/mol. The highest BCUT2D eigenvalue weighted by Gasteiger charge is 2.24. The van der Waals surface area contributed by atoms with E-state index >= 15 is 0 Å². The first kappa shape index (κ1) is 21.9. The fourth-order valence-electron chi connectivity index (χ4n) is 4.01. The first-order valence-electron chi connectivity index (χ1n) is 10.9. The van der Waals surface area contributed by atoms with Gasteiger partial charge in [0.25, 0.3) is 11.5 Å². The number of benzene rings is 1. The number of aromatic nitrogens is 2. The van der Waals surface area contributed by atoms with Crippen molar-refractivity contribution in [1.82, 2.24) is 19.6 Å². The van der Waals surface area contributed by atoms with Crippen LogP contribution >= 0.6 is 0 Å². The van der Waals surface area contributed by atoms with Crippen LogP contribution in [0.25, 0.3) is 5.69 Å². The lowest BCUT2D eigenvalue weighted by Crippen LogP contribution is -2.49. The Balaban J connectivity index is 1.56. The summed E-state index contributed by atoms with van der Waals surface area (Å²) in [5.74, 6) is 1.87. The number of hydrogen-bond acceptors (Lipinski definition) is 7. The number of anilines is 2. The largest absolute Gasteiger partial charge is 0.379 e. The quantitative estimate of drug-likeness (QED) is 0.651. The highest BCUT2D eigenvalue weighted by molar-refractivity contribution is 5.93. The Labute approximate surface area is 187 Å². The summed E-state index contributed by atoms with van der Waals surface area (Å²) in [6, 6.07) is 9.38. The smallest absolute Gasteiger partial charge is 0.298 e. The maximum Gasteiger partial charge on any atom is 0.298 e. The lowest BCUT2D eigenvalue weighted by molar-refractivity contribution is -0.125. The average molecular weight is 437 g/mol. The molecule has 0 aliphatic carbocycles. The van der Waals surface area contributed by atoms with Crippen LogP contribution in [0.1, 0.15) is 0 Å². The van der Waals surface area contributed by atoms with E-state index in [-0.39, 0.29) is 11.5 Å². The molecular weight excluding hydrogens is 408 g/mol. The predicted octanol–water partition coefficient (Wildman–Crippen LogP) is 0.258. The number of carbonyl (C=O) groups excluding carboxylic acids is 1. The Morgan fingerprint density at radius 2 is 1.81 bits per heavy atom. The molecule has 4 rings (SSSR count). The minimum absolute atomic E-state index is 0.196. The van der Waals surface area contributed by atoms with Gasteiger partial charge in [-0.25, -0.2) is 0 Å². The van der Waals surface area contributed by atoms with Gasteiger partial charge in [-0.1, -0.05) is 18.2 Å². The number of carbonyl (C=O) groups is 1. The van der Waals surface area contributed by atoms with Gasteiger partial charge < -0.3 is 19.9 Å². The normalized spacial score (nSPS) is 17.1. The van der Waals surface area contributed by atoms with Crippen LogP contribution in [-0.2, 0) is 9.53 Å². The van der Waals surface area contributed by atoms with Crippen LogP contribution in [-0.4, -0.2) is 91.1 Å². The predicted molar refractivity (Wildman–Crippen MR) is 123 cm³/mol. The minimum atomic E-state index is -0.300. The second kappa shape index (κ2) is 10.3. The summed E-state index contributed by atoms with van der Waals surface area (Å²) in [6.07, 6.45) is 6.98. The molecule has 1 N–H and O–H groups in total. The van der Waals surface area contributed by atoms with Gasteiger partial charge in [-0.2, -0.15) is 9.78 Å². The number of para-hydroxylation sites is 1. The molecule has 0 unspecified atom stereocenters. The molecule has 0 radical (unpaired) electrons. The van der Waals surface area contributed by atoms with E-state index < -0.39 is 0 Å². The number of ether oxygens (including phenoxy) is 1. The van der Waals surface area contributed by atoms with Gasteiger partial charge in [-0.15, -0.1) is 6.42 Å². The first-order chi connectivity index (χ1) is 15.7. The number of amides is 1. The number of piperazine rings is 1. The molecule has 0 spiro atoms. The molecule has 2 aromatic rings. The van der Waals surface area contributed by atoms with E-state index in [0.29, 0.717) is 44.1 Å². The van der Waals surface area contributed by atoms with Crippen molar-refractivity contribution in [3.8, 4) is 18.0 Å². The van der Waals surface area contributed by atoms with Gasteiger partial charge in [0.05, 0.1) is 30.8 Å². The van der Waals surface area contributed by atoms with E-state index in [2.05, 4.69) is 26.1 Å². The molecule has 1 aromatic heterocycles. The second-order valence-electron chi connectivity index (χ2n) is 7.76. The Bertz CT molecular complexity index is 1020. The molecule has 9 nitrogen and oxygen atoms in total. The molecule has 1 amide bonds. The van der Waals surface area contributed by atoms with Crippen molar-refractivity contribution in [2.75, 3.05) is 75.8 Å². The SMILES string of the molecule is C#CC(=O)N1CCN(c2cnn(-c3ccccc3)c(=O)c2NCCN2CCOCC2)CC1. The number of morpholine rings is 1. The zero-order valence-corrected chi connectivity index (χ0v) is 18.1. The lowest BCUT2D eigenvalue weighted by atomic mass is 10.2. The Morgan fingerprint density at radius 1 is 1.09 bits per heavy atom. The number of hydrogen-bond donors (Lipinski definition) is 1. The lowest BCUT2D eigenvalue weighted by Gasteiger charge is -2.36. The Kier molecular flexibility index (Phi) is 7.04. The summed E-state index contributed by atoms with van der Waals surface area (Å²) in [5, 5.41) is 7.81. The molecule has 0 saturated carbocycles. The first-order valence-corrected chi connectivity index (χ1v) is 10.9. The maximum atomic E-state index is 13.4. The van der Waals surface area contributed by atoms with E-state index in [1.54, 1.807) is 11.1 Å². The molecule has 32 heavy (non-hydrogen) atoms. The minimum Gasteiger partial charge on any atom is -0.379 e. The zero-order valence-electron chi connectivity index (χ0n) is 18.1. The average Bonchev–Trinajstić information content (AvgIpc) is 2.86. The number of nitrogens with zero attached hydrogens (tertiary/aromatic N) is 5. The molecule has 168 valence electrons. The zero-order chi connectivity index (χ0) is 22.3. The van der Waals surface area contributed by atoms with Gasteiger partial charge in [-0.05, 0) is 18.1 Å². The summed E-state index contributed by atoms with van der Waals surface area (Å²) in [6.45, 7) is 6.91. The standard InChI is InChI=1S/C23H28N6O3/c1-2-21(30)28-12-10-27(11-13-28)20-18-25-29(19-6-4-3-5-7-19)23(31)22(20)24-8-9-26-14-16-32-17-15-26/h1,3-7,18,24H,8-17H2. The summed E-state index contributed by atoms with van der Waals surface area (Å²) in [4.78, 5) is 31.3. The van der Waals surface area contributed by atoms with E-state index in [4.69, 9.17) is 11.2 Å². The Hall–Kier alpha value is -3.35. The van der Waals surface area contributed by atoms with Gasteiger partial charge in [-0.3, -0.25) is 14.5 Å². The van der Waals surface area contributed by atoms with Gasteiger partial charge in [0, 0.05) is 52.4 Å². The molecule has 9 heteroatoms. The fourth-order valence-corrected chi connectivity index (χ4v) is 4.01. The van der Waals surface area contributed by atoms with Crippen LogP contribution in [0, 0.1) is 12.3 Å². The number of terminal acetylenes is 1. The van der Waals surface area contributed by atoms with Crippen molar-refractivity contribution in [2.24, 2.45) is 0 Å². The summed E-state index contributed by atoms with van der Waals surface area (Å²) in [5.41, 5.74) is 1.79. The van der Waals surface area contributed by atoms with Crippen molar-refractivity contribution < 1.29 is 9.53 Å². The third-order valence-corrected chi connectivity index (χ3v) is 5.82. The molecule has 2 saturated heterocycles. The number of rotatable bonds is 6. The molecule has 3 heterocycles. The third-order valence-electron chi connectivity index (χ3n) is 5.82. The van der Waals surface area contributed by atoms with Crippen molar-refractivity contribution in [3.05, 3.63) is 46.9 Å². The van der Waals surface area contributed by atoms with Gasteiger partial charge in [0.1, 0.15) is 5.69 Å². The van der Waals surface area contributed by atoms with Crippen molar-refractivity contribution in [3.63, 3.8) is 0 Å². The highest BCUT2D eigenvalue weighted by atomic mass is 16.5. The van der Waals surface area contributed by atoms with Crippen LogP contribution < -0.4 is 15.8 Å². The van der Waals surface area contributed by atoms with Gasteiger partial charge >= 0.3 is 0 Å². The molecule has 2 fully saturated rings. The van der Waals surface area contributed by atoms with Crippen LogP contribution in [0.4, 0.5) is 11.4 Å². The van der Waals surface area contributed by atoms with E-state index in [1.807, 2.05) is 30.3 Å². The molecule has 0 bridgehead atoms. The van der Waals surface area contributed by atoms with Crippen LogP contribution in [0.3, 0.4) is 0 Å². The molecule has 1 aromatic carbocycles. The van der Waals surface area contributed by atoms with Crippen molar-refractivity contribution in [2.45, 2.75) is 0 Å². The van der Waals surface area contributed by atoms with E-state index in [1.165, 1.54) is 4.68 Å². The van der Waals surface area contributed by atoms with E-state index in [0.717, 1.165) is 38.5 Å². The number of nitrogens with one attached hydrogen (secondary N) is 1. The molecular formula is C23H28N6O3. The fraction of sp³-hybridized carbons (Fsp3) is 0.435. The third kappa shape index (κ3) is 4.93. The topological polar surface area (TPSA) is 82.9 Å². The molecule has 2 aliphatic rings. The van der Waals surface area contributed by atoms with E-state index in [9.17, 15) is 9.59 Å². The summed E-state index contributed by atoms with van der Waals surface area (Å²) >= 11 is 0. The highest BCUT2D eigenvalue weighted by Crippen LogP contribution is 2.23. The van der Waals surface area contributed by atoms with Gasteiger partial charge in [0.15, 0.2) is 0 Å². The summed E-state index contributed by atoms with van der Waals surface area (Å²) < 4.78 is 6.82. The molecule has 0 atom stereocenters. The Morgan fingerprint density at radius 3 is 2.50 bits per heavy atom. The van der Waals surface area contributed by atoms with Gasteiger partial charge in [0.2, 0.25) is 0 Å². The van der Waals surface area contributed by atoms with Crippen molar-refractivity contribution >= 4 is 17.3 Å². The van der Waals surface area contributed by atoms with Crippen LogP contribution in [0.5, 0.6) is 0 Å². The van der Waals surface area contributed by atoms with Crippen LogP contribution in [0.15, 0.2) is 41.3 Å². The second-order valence-corrected chi connectivity index (χ2v) is 7.76.